The van der Waals surface area contributed by atoms with Crippen molar-refractivity contribution in [2.24, 2.45) is 0 Å². The molecule has 0 aromatic carbocycles. The molecule has 6 heteroatoms. The highest BCUT2D eigenvalue weighted by molar-refractivity contribution is 7.99. The number of hydrogen-bond acceptors (Lipinski definition) is 4. The van der Waals surface area contributed by atoms with E-state index in [1.807, 2.05) is 23.6 Å². The predicted octanol–water partition coefficient (Wildman–Crippen LogP) is 0.879. The van der Waals surface area contributed by atoms with Crippen LogP contribution in [0.1, 0.15) is 22.6 Å². The van der Waals surface area contributed by atoms with Crippen LogP contribution in [0.2, 0.25) is 0 Å². The molecule has 5 nitrogen and oxygen atoms in total. The second-order valence-corrected chi connectivity index (χ2v) is 5.09. The van der Waals surface area contributed by atoms with Gasteiger partial charge in [-0.25, -0.2) is 0 Å². The second-order valence-electron chi connectivity index (χ2n) is 3.87. The molecule has 0 radical (unpaired) electrons. The minimum Gasteiger partial charge on any atom is -0.395 e. The third-order valence-electron chi connectivity index (χ3n) is 2.71. The summed E-state index contributed by atoms with van der Waals surface area (Å²) in [6.07, 6.45) is 1.04. The lowest BCUT2D eigenvalue weighted by atomic mass is 10.2. The molecule has 2 heterocycles. The number of amides is 1. The van der Waals surface area contributed by atoms with Crippen LogP contribution in [-0.4, -0.2) is 45.6 Å². The summed E-state index contributed by atoms with van der Waals surface area (Å²) in [7, 11) is 0. The highest BCUT2D eigenvalue weighted by Crippen LogP contribution is 2.17. The summed E-state index contributed by atoms with van der Waals surface area (Å²) in [5.41, 5.74) is 7.40. The predicted molar refractivity (Wildman–Crippen MR) is 65.6 cm³/mol. The minimum absolute atomic E-state index is 0.0515. The number of hydrogen-bond donors (Lipinski definition) is 2. The van der Waals surface area contributed by atoms with Crippen molar-refractivity contribution in [2.45, 2.75) is 13.3 Å². The van der Waals surface area contributed by atoms with Crippen molar-refractivity contribution in [3.8, 4) is 0 Å². The van der Waals surface area contributed by atoms with Gasteiger partial charge in [0.05, 0.1) is 11.4 Å². The molecule has 1 amide bonds. The van der Waals surface area contributed by atoms with Gasteiger partial charge in [-0.3, -0.25) is 9.89 Å². The maximum absolute atomic E-state index is 12.1. The Kier molecular flexibility index (Phi) is 3.38. The molecule has 2 rings (SSSR count). The topological polar surface area (TPSA) is 75.0 Å². The monoisotopic (exact) mass is 240 g/mol. The van der Waals surface area contributed by atoms with Gasteiger partial charge in [0, 0.05) is 18.8 Å². The van der Waals surface area contributed by atoms with E-state index in [1.165, 1.54) is 0 Å². The molecule has 88 valence electrons. The molecule has 0 spiro atoms. The van der Waals surface area contributed by atoms with Crippen LogP contribution >= 0.6 is 11.8 Å². The molecule has 0 aliphatic carbocycles. The Morgan fingerprint density at radius 1 is 1.50 bits per heavy atom. The first-order valence-electron chi connectivity index (χ1n) is 5.37. The van der Waals surface area contributed by atoms with Crippen molar-refractivity contribution >= 4 is 23.4 Å². The van der Waals surface area contributed by atoms with Gasteiger partial charge in [0.1, 0.15) is 0 Å². The quantitative estimate of drug-likeness (QED) is 0.764. The smallest absolute Gasteiger partial charge is 0.276 e. The van der Waals surface area contributed by atoms with Crippen LogP contribution in [0.3, 0.4) is 0 Å². The number of aryl methyl sites for hydroxylation is 1. The molecule has 1 aromatic rings. The number of H-pyrrole nitrogens is 1. The SMILES string of the molecule is Cc1[nH]nc(C(=O)N2CCCSCC2)c1N. The van der Waals surface area contributed by atoms with Crippen LogP contribution in [-0.2, 0) is 0 Å². The minimum atomic E-state index is -0.0515. The lowest BCUT2D eigenvalue weighted by Crippen LogP contribution is -2.33. The van der Waals surface area contributed by atoms with E-state index < -0.39 is 0 Å². The number of aromatic nitrogens is 2. The lowest BCUT2D eigenvalue weighted by Gasteiger charge is -2.18. The molecule has 1 aliphatic heterocycles. The van der Waals surface area contributed by atoms with Crippen molar-refractivity contribution in [3.05, 3.63) is 11.4 Å². The summed E-state index contributed by atoms with van der Waals surface area (Å²) in [5, 5.41) is 6.72. The first-order chi connectivity index (χ1) is 7.70. The average molecular weight is 240 g/mol. The molecule has 0 unspecified atom stereocenters. The molecular formula is C10H16N4OS. The zero-order valence-electron chi connectivity index (χ0n) is 9.32. The second kappa shape index (κ2) is 4.78. The largest absolute Gasteiger partial charge is 0.395 e. The van der Waals surface area contributed by atoms with Crippen molar-refractivity contribution < 1.29 is 4.79 Å². The summed E-state index contributed by atoms with van der Waals surface area (Å²) < 4.78 is 0. The first kappa shape index (κ1) is 11.3. The van der Waals surface area contributed by atoms with E-state index in [-0.39, 0.29) is 5.91 Å². The fourth-order valence-corrected chi connectivity index (χ4v) is 2.59. The molecule has 1 aromatic heterocycles. The van der Waals surface area contributed by atoms with E-state index in [9.17, 15) is 4.79 Å². The number of nitrogens with two attached hydrogens (primary N) is 1. The van der Waals surface area contributed by atoms with Crippen molar-refractivity contribution in [1.82, 2.24) is 15.1 Å². The molecule has 1 aliphatic rings. The normalized spacial score (nSPS) is 17.2. The Morgan fingerprint density at radius 3 is 3.00 bits per heavy atom. The Labute approximate surface area is 98.8 Å². The van der Waals surface area contributed by atoms with Gasteiger partial charge in [-0.05, 0) is 19.1 Å². The summed E-state index contributed by atoms with van der Waals surface area (Å²) in [5.74, 6) is 2.07. The molecule has 16 heavy (non-hydrogen) atoms. The Balaban J connectivity index is 2.14. The number of anilines is 1. The summed E-state index contributed by atoms with van der Waals surface area (Å²) in [6.45, 7) is 3.41. The van der Waals surface area contributed by atoms with E-state index in [0.29, 0.717) is 11.4 Å². The Bertz CT molecular complexity index is 382. The van der Waals surface area contributed by atoms with Crippen molar-refractivity contribution in [2.75, 3.05) is 30.3 Å². The molecule has 0 saturated carbocycles. The number of thioether (sulfide) groups is 1. The fraction of sp³-hybridized carbons (Fsp3) is 0.600. The van der Waals surface area contributed by atoms with Crippen LogP contribution in [0.25, 0.3) is 0 Å². The lowest BCUT2D eigenvalue weighted by molar-refractivity contribution is 0.0763. The third kappa shape index (κ3) is 2.16. The molecular weight excluding hydrogens is 224 g/mol. The molecule has 1 saturated heterocycles. The number of aromatic amines is 1. The standard InChI is InChI=1S/C10H16N4OS/c1-7-8(11)9(13-12-7)10(15)14-3-2-5-16-6-4-14/h2-6,11H2,1H3,(H,12,13). The van der Waals surface area contributed by atoms with E-state index in [2.05, 4.69) is 10.2 Å². The maximum atomic E-state index is 12.1. The van der Waals surface area contributed by atoms with Gasteiger partial charge in [-0.15, -0.1) is 0 Å². The Hall–Kier alpha value is -1.17. The molecule has 1 fully saturated rings. The van der Waals surface area contributed by atoms with E-state index in [4.69, 9.17) is 5.73 Å². The van der Waals surface area contributed by atoms with Gasteiger partial charge in [0.25, 0.3) is 5.91 Å². The number of nitrogens with one attached hydrogen (secondary N) is 1. The van der Waals surface area contributed by atoms with E-state index >= 15 is 0 Å². The van der Waals surface area contributed by atoms with Crippen LogP contribution in [0, 0.1) is 6.92 Å². The molecule has 0 atom stereocenters. The number of carbonyl (C=O) groups is 1. The van der Waals surface area contributed by atoms with Crippen LogP contribution in [0.4, 0.5) is 5.69 Å². The maximum Gasteiger partial charge on any atom is 0.276 e. The summed E-state index contributed by atoms with van der Waals surface area (Å²) in [6, 6.07) is 0. The van der Waals surface area contributed by atoms with Gasteiger partial charge in [0.2, 0.25) is 0 Å². The van der Waals surface area contributed by atoms with Gasteiger partial charge in [-0.2, -0.15) is 16.9 Å². The average Bonchev–Trinajstić information content (AvgIpc) is 2.53. The summed E-state index contributed by atoms with van der Waals surface area (Å²) >= 11 is 1.89. The molecule has 0 bridgehead atoms. The Morgan fingerprint density at radius 2 is 2.31 bits per heavy atom. The number of carbonyl (C=O) groups excluding carboxylic acids is 1. The zero-order valence-corrected chi connectivity index (χ0v) is 10.1. The molecule has 3 N–H and O–H groups in total. The van der Waals surface area contributed by atoms with Crippen molar-refractivity contribution in [3.63, 3.8) is 0 Å². The van der Waals surface area contributed by atoms with E-state index in [1.54, 1.807) is 0 Å². The van der Waals surface area contributed by atoms with Gasteiger partial charge in [0.15, 0.2) is 5.69 Å². The number of rotatable bonds is 1. The highest BCUT2D eigenvalue weighted by atomic mass is 32.2. The van der Waals surface area contributed by atoms with Crippen LogP contribution in [0.15, 0.2) is 0 Å². The summed E-state index contributed by atoms with van der Waals surface area (Å²) in [4.78, 5) is 14.0. The third-order valence-corrected chi connectivity index (χ3v) is 3.76. The van der Waals surface area contributed by atoms with Crippen LogP contribution < -0.4 is 5.73 Å². The number of nitrogens with zero attached hydrogens (tertiary/aromatic N) is 2. The van der Waals surface area contributed by atoms with Crippen molar-refractivity contribution in [1.29, 1.82) is 0 Å². The van der Waals surface area contributed by atoms with Gasteiger partial charge < -0.3 is 10.6 Å². The van der Waals surface area contributed by atoms with Gasteiger partial charge >= 0.3 is 0 Å². The van der Waals surface area contributed by atoms with Gasteiger partial charge in [-0.1, -0.05) is 0 Å². The van der Waals surface area contributed by atoms with E-state index in [0.717, 1.165) is 36.7 Å². The first-order valence-corrected chi connectivity index (χ1v) is 6.53. The highest BCUT2D eigenvalue weighted by Gasteiger charge is 2.22. The number of nitrogen functional groups attached to an aromatic ring is 1. The fourth-order valence-electron chi connectivity index (χ4n) is 1.70. The zero-order chi connectivity index (χ0) is 11.5. The van der Waals surface area contributed by atoms with Crippen LogP contribution in [0.5, 0.6) is 0 Å².